The molecule has 1 aromatic heterocycles. The predicted molar refractivity (Wildman–Crippen MR) is 111 cm³/mol. The van der Waals surface area contributed by atoms with Crippen LogP contribution in [-0.4, -0.2) is 49.4 Å². The number of methoxy groups -OCH3 is 1. The van der Waals surface area contributed by atoms with Crippen LogP contribution in [-0.2, 0) is 26.7 Å². The standard InChI is InChI=1S/C20H33N2O4P/c1-15(2)25-27(26-16(3)4)24-14-22-13-17(10-11-21(5)6)19-9-8-18(23-7)12-20(19)22/h8-9,12-13,15-16H,10-11,14H2,1-7H3. The minimum atomic E-state index is -1.40. The third-order valence-electron chi connectivity index (χ3n) is 3.90. The van der Waals surface area contributed by atoms with E-state index in [-0.39, 0.29) is 12.2 Å². The number of hydrogen-bond acceptors (Lipinski definition) is 5. The number of rotatable bonds is 11. The van der Waals surface area contributed by atoms with Crippen molar-refractivity contribution in [3.8, 4) is 5.75 Å². The Bertz CT molecular complexity index is 705. The molecule has 0 unspecified atom stereocenters. The average Bonchev–Trinajstić information content (AvgIpc) is 2.94. The van der Waals surface area contributed by atoms with Crippen LogP contribution in [0.25, 0.3) is 10.9 Å². The number of nitrogens with zero attached hydrogens (tertiary/aromatic N) is 2. The number of ether oxygens (including phenoxy) is 1. The molecule has 0 bridgehead atoms. The zero-order chi connectivity index (χ0) is 20.0. The van der Waals surface area contributed by atoms with Crippen LogP contribution in [0.3, 0.4) is 0 Å². The molecular formula is C20H33N2O4P. The average molecular weight is 396 g/mol. The van der Waals surface area contributed by atoms with Gasteiger partial charge in [-0.25, -0.2) is 0 Å². The summed E-state index contributed by atoms with van der Waals surface area (Å²) in [7, 11) is 4.46. The fraction of sp³-hybridized carbons (Fsp3) is 0.600. The van der Waals surface area contributed by atoms with Gasteiger partial charge in [0.25, 0.3) is 0 Å². The van der Waals surface area contributed by atoms with E-state index in [1.54, 1.807) is 7.11 Å². The van der Waals surface area contributed by atoms with E-state index < -0.39 is 8.60 Å². The van der Waals surface area contributed by atoms with Gasteiger partial charge in [0, 0.05) is 24.2 Å². The van der Waals surface area contributed by atoms with Crippen LogP contribution in [0.1, 0.15) is 33.3 Å². The molecule has 0 N–H and O–H groups in total. The highest BCUT2D eigenvalue weighted by molar-refractivity contribution is 7.41. The van der Waals surface area contributed by atoms with Crippen molar-refractivity contribution in [2.24, 2.45) is 0 Å². The highest BCUT2D eigenvalue weighted by Gasteiger charge is 2.18. The first kappa shape index (κ1) is 22.1. The summed E-state index contributed by atoms with van der Waals surface area (Å²) in [4.78, 5) is 2.19. The predicted octanol–water partition coefficient (Wildman–Crippen LogP) is 4.81. The molecule has 0 aliphatic carbocycles. The monoisotopic (exact) mass is 396 g/mol. The van der Waals surface area contributed by atoms with E-state index in [0.29, 0.717) is 6.73 Å². The lowest BCUT2D eigenvalue weighted by Crippen LogP contribution is -2.14. The molecule has 1 aromatic carbocycles. The Hall–Kier alpha value is -1.17. The maximum absolute atomic E-state index is 6.00. The fourth-order valence-electron chi connectivity index (χ4n) is 2.66. The van der Waals surface area contributed by atoms with E-state index in [9.17, 15) is 0 Å². The van der Waals surface area contributed by atoms with Crippen molar-refractivity contribution in [1.82, 2.24) is 9.47 Å². The molecule has 2 aromatic rings. The molecule has 6 nitrogen and oxygen atoms in total. The van der Waals surface area contributed by atoms with Crippen molar-refractivity contribution in [3.63, 3.8) is 0 Å². The van der Waals surface area contributed by atoms with Gasteiger partial charge in [-0.15, -0.1) is 0 Å². The summed E-state index contributed by atoms with van der Waals surface area (Å²) in [6.45, 7) is 9.30. The molecule has 27 heavy (non-hydrogen) atoms. The number of benzene rings is 1. The second-order valence-electron chi connectivity index (χ2n) is 7.35. The smallest absolute Gasteiger partial charge is 0.334 e. The van der Waals surface area contributed by atoms with Crippen LogP contribution in [0.5, 0.6) is 5.75 Å². The number of hydrogen-bond donors (Lipinski definition) is 0. The number of aromatic nitrogens is 1. The molecule has 0 saturated heterocycles. The van der Waals surface area contributed by atoms with Crippen LogP contribution in [0.4, 0.5) is 0 Å². The lowest BCUT2D eigenvalue weighted by molar-refractivity contribution is 0.0946. The summed E-state index contributed by atoms with van der Waals surface area (Å²) < 4.78 is 25.1. The summed E-state index contributed by atoms with van der Waals surface area (Å²) in [5.74, 6) is 0.833. The van der Waals surface area contributed by atoms with Crippen LogP contribution >= 0.6 is 8.60 Å². The van der Waals surface area contributed by atoms with Crippen LogP contribution in [0.2, 0.25) is 0 Å². The molecule has 0 saturated carbocycles. The van der Waals surface area contributed by atoms with E-state index in [1.807, 2.05) is 39.8 Å². The van der Waals surface area contributed by atoms with Gasteiger partial charge < -0.3 is 23.3 Å². The maximum atomic E-state index is 6.00. The second-order valence-corrected chi connectivity index (χ2v) is 8.48. The van der Waals surface area contributed by atoms with Gasteiger partial charge in [0.1, 0.15) is 12.5 Å². The molecule has 152 valence electrons. The van der Waals surface area contributed by atoms with Crippen molar-refractivity contribution in [2.75, 3.05) is 27.7 Å². The Morgan fingerprint density at radius 1 is 1.07 bits per heavy atom. The first-order valence-corrected chi connectivity index (χ1v) is 10.5. The topological polar surface area (TPSA) is 45.1 Å². The van der Waals surface area contributed by atoms with Gasteiger partial charge in [-0.1, -0.05) is 0 Å². The molecule has 0 amide bonds. The van der Waals surface area contributed by atoms with E-state index in [2.05, 4.69) is 35.8 Å². The Morgan fingerprint density at radius 2 is 1.74 bits per heavy atom. The zero-order valence-corrected chi connectivity index (χ0v) is 18.5. The lowest BCUT2D eigenvalue weighted by Gasteiger charge is -2.21. The second kappa shape index (κ2) is 10.4. The highest BCUT2D eigenvalue weighted by Crippen LogP contribution is 2.43. The van der Waals surface area contributed by atoms with Crippen LogP contribution in [0, 0.1) is 0 Å². The molecule has 1 heterocycles. The maximum Gasteiger partial charge on any atom is 0.334 e. The lowest BCUT2D eigenvalue weighted by atomic mass is 10.1. The highest BCUT2D eigenvalue weighted by atomic mass is 31.2. The van der Waals surface area contributed by atoms with Gasteiger partial charge in [-0.2, -0.15) is 0 Å². The molecule has 0 atom stereocenters. The Kier molecular flexibility index (Phi) is 8.52. The molecular weight excluding hydrogens is 363 g/mol. The van der Waals surface area contributed by atoms with Crippen molar-refractivity contribution in [2.45, 2.75) is 53.1 Å². The minimum absolute atomic E-state index is 0.0482. The van der Waals surface area contributed by atoms with E-state index in [4.69, 9.17) is 18.3 Å². The zero-order valence-electron chi connectivity index (χ0n) is 17.6. The molecule has 0 spiro atoms. The summed E-state index contributed by atoms with van der Waals surface area (Å²) in [6, 6.07) is 6.17. The molecule has 0 aliphatic rings. The third kappa shape index (κ3) is 6.74. The van der Waals surface area contributed by atoms with Gasteiger partial charge in [0.2, 0.25) is 0 Å². The summed E-state index contributed by atoms with van der Waals surface area (Å²) >= 11 is 0. The normalized spacial score (nSPS) is 12.3. The quantitative estimate of drug-likeness (QED) is 0.510. The largest absolute Gasteiger partial charge is 0.497 e. The van der Waals surface area contributed by atoms with Crippen LogP contribution in [0.15, 0.2) is 24.4 Å². The van der Waals surface area contributed by atoms with Crippen molar-refractivity contribution in [3.05, 3.63) is 30.0 Å². The van der Waals surface area contributed by atoms with Crippen molar-refractivity contribution < 1.29 is 18.3 Å². The SMILES string of the molecule is COc1ccc2c(CCN(C)C)cn(COP(OC(C)C)OC(C)C)c2c1. The van der Waals surface area contributed by atoms with Crippen molar-refractivity contribution >= 4 is 19.5 Å². The number of fused-ring (bicyclic) bond motifs is 1. The molecule has 0 fully saturated rings. The molecule has 7 heteroatoms. The first-order chi connectivity index (χ1) is 12.8. The summed E-state index contributed by atoms with van der Waals surface area (Å²) in [5.41, 5.74) is 2.39. The summed E-state index contributed by atoms with van der Waals surface area (Å²) in [5, 5.41) is 1.22. The fourth-order valence-corrected chi connectivity index (χ4v) is 3.74. The molecule has 0 aliphatic heterocycles. The Balaban J connectivity index is 2.24. The van der Waals surface area contributed by atoms with Crippen LogP contribution < -0.4 is 4.74 Å². The Labute approximate surface area is 164 Å². The van der Waals surface area contributed by atoms with Gasteiger partial charge in [-0.05, 0) is 65.9 Å². The van der Waals surface area contributed by atoms with Gasteiger partial charge in [0.15, 0.2) is 0 Å². The van der Waals surface area contributed by atoms with Gasteiger partial charge in [0.05, 0.1) is 24.8 Å². The first-order valence-electron chi connectivity index (χ1n) is 9.37. The molecule has 0 radical (unpaired) electrons. The molecule has 2 rings (SSSR count). The minimum Gasteiger partial charge on any atom is -0.497 e. The van der Waals surface area contributed by atoms with E-state index >= 15 is 0 Å². The van der Waals surface area contributed by atoms with Gasteiger partial charge in [-0.3, -0.25) is 4.52 Å². The third-order valence-corrected chi connectivity index (χ3v) is 5.41. The number of likely N-dealkylation sites (N-methyl/N-ethyl adjacent to an activating group) is 1. The van der Waals surface area contributed by atoms with E-state index in [1.165, 1.54) is 10.9 Å². The van der Waals surface area contributed by atoms with E-state index in [0.717, 1.165) is 24.2 Å². The summed E-state index contributed by atoms with van der Waals surface area (Å²) in [6.07, 6.45) is 3.23. The van der Waals surface area contributed by atoms with Gasteiger partial charge >= 0.3 is 8.60 Å². The van der Waals surface area contributed by atoms with Crippen molar-refractivity contribution in [1.29, 1.82) is 0 Å². The Morgan fingerprint density at radius 3 is 2.30 bits per heavy atom.